The molecular formula is C11H12O4. The van der Waals surface area contributed by atoms with Crippen LogP contribution in [0.2, 0.25) is 0 Å². The van der Waals surface area contributed by atoms with E-state index in [1.54, 1.807) is 24.3 Å². The standard InChI is InChI=1S/C11H12O4/c1-8(11(13)14-2)15-7-9-5-3-4-6-10(9)12/h3-6,12H,1,7H2,2H3. The van der Waals surface area contributed by atoms with Crippen LogP contribution < -0.4 is 0 Å². The van der Waals surface area contributed by atoms with Crippen molar-refractivity contribution in [1.29, 1.82) is 0 Å². The molecular weight excluding hydrogens is 196 g/mol. The van der Waals surface area contributed by atoms with Crippen LogP contribution in [0.15, 0.2) is 36.6 Å². The number of rotatable bonds is 4. The molecule has 0 amide bonds. The highest BCUT2D eigenvalue weighted by Crippen LogP contribution is 2.17. The maximum Gasteiger partial charge on any atom is 0.372 e. The number of aromatic hydroxyl groups is 1. The third-order valence-corrected chi connectivity index (χ3v) is 1.81. The van der Waals surface area contributed by atoms with Gasteiger partial charge in [0.2, 0.25) is 0 Å². The zero-order chi connectivity index (χ0) is 11.3. The summed E-state index contributed by atoms with van der Waals surface area (Å²) < 4.78 is 9.44. The van der Waals surface area contributed by atoms with E-state index in [2.05, 4.69) is 11.3 Å². The summed E-state index contributed by atoms with van der Waals surface area (Å²) in [5, 5.41) is 9.39. The van der Waals surface area contributed by atoms with Crippen LogP contribution in [0.25, 0.3) is 0 Å². The lowest BCUT2D eigenvalue weighted by Gasteiger charge is -2.07. The molecule has 0 aliphatic carbocycles. The van der Waals surface area contributed by atoms with Crippen molar-refractivity contribution in [2.45, 2.75) is 6.61 Å². The normalized spacial score (nSPS) is 9.40. The van der Waals surface area contributed by atoms with Gasteiger partial charge in [-0.1, -0.05) is 18.2 Å². The van der Waals surface area contributed by atoms with Crippen LogP contribution in [0.5, 0.6) is 5.75 Å². The van der Waals surface area contributed by atoms with E-state index < -0.39 is 5.97 Å². The minimum absolute atomic E-state index is 0.0826. The average Bonchev–Trinajstić information content (AvgIpc) is 2.26. The van der Waals surface area contributed by atoms with Gasteiger partial charge in [-0.05, 0) is 12.6 Å². The predicted molar refractivity (Wildman–Crippen MR) is 54.1 cm³/mol. The molecule has 0 radical (unpaired) electrons. The molecule has 4 heteroatoms. The molecule has 1 aromatic rings. The summed E-state index contributed by atoms with van der Waals surface area (Å²) in [6, 6.07) is 6.70. The Labute approximate surface area is 87.7 Å². The number of hydrogen-bond donors (Lipinski definition) is 1. The molecule has 0 unspecified atom stereocenters. The first-order chi connectivity index (χ1) is 7.15. The topological polar surface area (TPSA) is 55.8 Å². The quantitative estimate of drug-likeness (QED) is 0.464. The Morgan fingerprint density at radius 2 is 2.13 bits per heavy atom. The molecule has 0 saturated heterocycles. The summed E-state index contributed by atoms with van der Waals surface area (Å²) in [5.41, 5.74) is 0.586. The molecule has 0 aromatic heterocycles. The van der Waals surface area contributed by atoms with Gasteiger partial charge < -0.3 is 14.6 Å². The minimum atomic E-state index is -0.620. The van der Waals surface area contributed by atoms with Crippen molar-refractivity contribution in [3.63, 3.8) is 0 Å². The fourth-order valence-electron chi connectivity index (χ4n) is 0.971. The lowest BCUT2D eigenvalue weighted by molar-refractivity contribution is -0.140. The highest BCUT2D eigenvalue weighted by Gasteiger charge is 2.08. The van der Waals surface area contributed by atoms with Crippen LogP contribution in [0.3, 0.4) is 0 Å². The number of hydrogen-bond acceptors (Lipinski definition) is 4. The Balaban J connectivity index is 2.54. The van der Waals surface area contributed by atoms with Crippen molar-refractivity contribution in [2.24, 2.45) is 0 Å². The Morgan fingerprint density at radius 3 is 2.73 bits per heavy atom. The predicted octanol–water partition coefficient (Wildman–Crippen LogP) is 1.60. The average molecular weight is 208 g/mol. The highest BCUT2D eigenvalue weighted by atomic mass is 16.6. The second-order valence-corrected chi connectivity index (χ2v) is 2.83. The fourth-order valence-corrected chi connectivity index (χ4v) is 0.971. The van der Waals surface area contributed by atoms with E-state index in [4.69, 9.17) is 4.74 Å². The van der Waals surface area contributed by atoms with E-state index in [0.29, 0.717) is 5.56 Å². The molecule has 0 atom stereocenters. The zero-order valence-electron chi connectivity index (χ0n) is 8.40. The van der Waals surface area contributed by atoms with E-state index in [0.717, 1.165) is 0 Å². The number of carbonyl (C=O) groups excluding carboxylic acids is 1. The molecule has 0 aliphatic rings. The van der Waals surface area contributed by atoms with Crippen LogP contribution in [0, 0.1) is 0 Å². The number of benzene rings is 1. The molecule has 1 aromatic carbocycles. The van der Waals surface area contributed by atoms with Gasteiger partial charge in [0.15, 0.2) is 5.76 Å². The first-order valence-electron chi connectivity index (χ1n) is 4.32. The van der Waals surface area contributed by atoms with Crippen molar-refractivity contribution in [2.75, 3.05) is 7.11 Å². The van der Waals surface area contributed by atoms with Gasteiger partial charge in [-0.15, -0.1) is 0 Å². The number of carbonyl (C=O) groups is 1. The van der Waals surface area contributed by atoms with Crippen molar-refractivity contribution in [3.8, 4) is 5.75 Å². The van der Waals surface area contributed by atoms with E-state index in [9.17, 15) is 9.90 Å². The molecule has 1 rings (SSSR count). The summed E-state index contributed by atoms with van der Waals surface area (Å²) >= 11 is 0. The number of para-hydroxylation sites is 1. The van der Waals surface area contributed by atoms with Gasteiger partial charge in [-0.2, -0.15) is 0 Å². The third kappa shape index (κ3) is 3.02. The number of ether oxygens (including phenoxy) is 2. The smallest absolute Gasteiger partial charge is 0.372 e. The van der Waals surface area contributed by atoms with Crippen molar-refractivity contribution in [3.05, 3.63) is 42.2 Å². The van der Waals surface area contributed by atoms with Gasteiger partial charge in [-0.3, -0.25) is 0 Å². The molecule has 0 bridgehead atoms. The lowest BCUT2D eigenvalue weighted by atomic mass is 10.2. The number of phenolic OH excluding ortho intramolecular Hbond substituents is 1. The maximum atomic E-state index is 10.9. The third-order valence-electron chi connectivity index (χ3n) is 1.81. The Hall–Kier alpha value is -1.97. The van der Waals surface area contributed by atoms with E-state index in [-0.39, 0.29) is 18.1 Å². The monoisotopic (exact) mass is 208 g/mol. The summed E-state index contributed by atoms with van der Waals surface area (Å²) in [4.78, 5) is 10.9. The zero-order valence-corrected chi connectivity index (χ0v) is 8.40. The van der Waals surface area contributed by atoms with Crippen molar-refractivity contribution in [1.82, 2.24) is 0 Å². The molecule has 0 fully saturated rings. The Bertz CT molecular complexity index is 371. The van der Waals surface area contributed by atoms with Crippen molar-refractivity contribution >= 4 is 5.97 Å². The molecule has 0 saturated carbocycles. The van der Waals surface area contributed by atoms with Gasteiger partial charge in [0.1, 0.15) is 12.4 Å². The summed E-state index contributed by atoms with van der Waals surface area (Å²) in [6.07, 6.45) is 0. The van der Waals surface area contributed by atoms with E-state index in [1.807, 2.05) is 0 Å². The van der Waals surface area contributed by atoms with Gasteiger partial charge in [0.05, 0.1) is 7.11 Å². The van der Waals surface area contributed by atoms with Crippen LogP contribution in [-0.2, 0) is 20.9 Å². The largest absolute Gasteiger partial charge is 0.508 e. The van der Waals surface area contributed by atoms with Crippen LogP contribution in [0.4, 0.5) is 0 Å². The van der Waals surface area contributed by atoms with Crippen LogP contribution in [0.1, 0.15) is 5.56 Å². The second kappa shape index (κ2) is 5.05. The summed E-state index contributed by atoms with van der Waals surface area (Å²) in [7, 11) is 1.25. The fraction of sp³-hybridized carbons (Fsp3) is 0.182. The molecule has 0 heterocycles. The van der Waals surface area contributed by atoms with Gasteiger partial charge in [0.25, 0.3) is 0 Å². The van der Waals surface area contributed by atoms with Crippen molar-refractivity contribution < 1.29 is 19.4 Å². The first kappa shape index (κ1) is 11.1. The van der Waals surface area contributed by atoms with E-state index in [1.165, 1.54) is 7.11 Å². The number of phenols is 1. The minimum Gasteiger partial charge on any atom is -0.508 e. The summed E-state index contributed by atoms with van der Waals surface area (Å²) in [5.74, 6) is -0.582. The number of esters is 1. The van der Waals surface area contributed by atoms with Gasteiger partial charge in [0, 0.05) is 5.56 Å². The molecule has 4 nitrogen and oxygen atoms in total. The van der Waals surface area contributed by atoms with Gasteiger partial charge >= 0.3 is 5.97 Å². The van der Waals surface area contributed by atoms with Crippen LogP contribution in [-0.4, -0.2) is 18.2 Å². The first-order valence-corrected chi connectivity index (χ1v) is 4.32. The maximum absolute atomic E-state index is 10.9. The van der Waals surface area contributed by atoms with Crippen LogP contribution >= 0.6 is 0 Å². The lowest BCUT2D eigenvalue weighted by Crippen LogP contribution is -2.07. The SMILES string of the molecule is C=C(OCc1ccccc1O)C(=O)OC. The molecule has 0 spiro atoms. The number of methoxy groups -OCH3 is 1. The Morgan fingerprint density at radius 1 is 1.47 bits per heavy atom. The molecule has 15 heavy (non-hydrogen) atoms. The molecule has 1 N–H and O–H groups in total. The highest BCUT2D eigenvalue weighted by molar-refractivity contribution is 5.85. The second-order valence-electron chi connectivity index (χ2n) is 2.83. The summed E-state index contributed by atoms with van der Waals surface area (Å²) in [6.45, 7) is 3.48. The molecule has 80 valence electrons. The van der Waals surface area contributed by atoms with Gasteiger partial charge in [-0.25, -0.2) is 4.79 Å². The molecule has 0 aliphatic heterocycles. The Kier molecular flexibility index (Phi) is 3.74. The van der Waals surface area contributed by atoms with E-state index >= 15 is 0 Å².